The van der Waals surface area contributed by atoms with Crippen LogP contribution in [0, 0.1) is 0 Å². The van der Waals surface area contributed by atoms with Crippen molar-refractivity contribution in [2.75, 3.05) is 0 Å². The normalized spacial score (nSPS) is 10.4. The van der Waals surface area contributed by atoms with E-state index in [-0.39, 0.29) is 22.6 Å². The van der Waals surface area contributed by atoms with E-state index in [0.717, 1.165) is 9.79 Å². The van der Waals surface area contributed by atoms with Crippen LogP contribution in [-0.2, 0) is 0 Å². The number of carboxylic acid groups (broad SMARTS) is 2. The van der Waals surface area contributed by atoms with Crippen LogP contribution < -0.4 is 9.47 Å². The summed E-state index contributed by atoms with van der Waals surface area (Å²) in [5.74, 6) is -0.452. The molecule has 0 unspecified atom stereocenters. The third kappa shape index (κ3) is 5.53. The summed E-state index contributed by atoms with van der Waals surface area (Å²) in [7, 11) is 0. The molecule has 164 valence electrons. The smallest absolute Gasteiger partial charge is 0.339 e. The molecule has 0 amide bonds. The molecular formula is C26H18O6S. The fraction of sp³-hybridized carbons (Fsp3) is 0. The molecule has 0 aliphatic carbocycles. The van der Waals surface area contributed by atoms with Gasteiger partial charge >= 0.3 is 11.9 Å². The van der Waals surface area contributed by atoms with Crippen molar-refractivity contribution in [3.8, 4) is 23.0 Å². The lowest BCUT2D eigenvalue weighted by Gasteiger charge is -2.10. The van der Waals surface area contributed by atoms with Crippen molar-refractivity contribution in [3.63, 3.8) is 0 Å². The second kappa shape index (κ2) is 9.93. The van der Waals surface area contributed by atoms with Crippen LogP contribution in [-0.4, -0.2) is 22.2 Å². The largest absolute Gasteiger partial charge is 0.478 e. The molecule has 0 atom stereocenters. The summed E-state index contributed by atoms with van der Waals surface area (Å²) < 4.78 is 11.5. The second-order valence-corrected chi connectivity index (χ2v) is 8.00. The molecule has 0 aromatic heterocycles. The number of benzene rings is 4. The minimum atomic E-state index is -1.04. The Bertz CT molecular complexity index is 1180. The van der Waals surface area contributed by atoms with Crippen LogP contribution in [0.4, 0.5) is 0 Å². The lowest BCUT2D eigenvalue weighted by atomic mass is 10.2. The number of ether oxygens (including phenoxy) is 2. The van der Waals surface area contributed by atoms with Crippen molar-refractivity contribution in [3.05, 3.63) is 108 Å². The van der Waals surface area contributed by atoms with Gasteiger partial charge in [-0.1, -0.05) is 36.0 Å². The average molecular weight is 458 g/mol. The van der Waals surface area contributed by atoms with Crippen LogP contribution in [0.15, 0.2) is 107 Å². The number of carboxylic acids is 2. The Hall–Kier alpha value is -4.23. The minimum absolute atomic E-state index is 0.101. The Balaban J connectivity index is 1.41. The molecule has 0 spiro atoms. The summed E-state index contributed by atoms with van der Waals surface area (Å²) in [5.41, 5.74) is 0.202. The molecule has 0 saturated carbocycles. The summed E-state index contributed by atoms with van der Waals surface area (Å²) in [5, 5.41) is 18.5. The highest BCUT2D eigenvalue weighted by Gasteiger charge is 2.12. The van der Waals surface area contributed by atoms with Gasteiger partial charge in [0.15, 0.2) is 0 Å². The zero-order valence-corrected chi connectivity index (χ0v) is 18.0. The van der Waals surface area contributed by atoms with Crippen LogP contribution in [0.3, 0.4) is 0 Å². The third-order valence-electron chi connectivity index (χ3n) is 4.57. The van der Waals surface area contributed by atoms with E-state index in [0.29, 0.717) is 11.5 Å². The van der Waals surface area contributed by atoms with Gasteiger partial charge in [0.05, 0.1) is 0 Å². The molecule has 0 aliphatic rings. The molecule has 4 aromatic carbocycles. The van der Waals surface area contributed by atoms with E-state index in [1.165, 1.54) is 23.9 Å². The first-order valence-corrected chi connectivity index (χ1v) is 10.7. The SMILES string of the molecule is O=C(O)c1ccccc1Oc1ccc(Sc2ccc(Oc3ccccc3C(=O)O)cc2)cc1. The maximum absolute atomic E-state index is 11.3. The summed E-state index contributed by atoms with van der Waals surface area (Å²) in [6.45, 7) is 0. The standard InChI is InChI=1S/C26H18O6S/c27-25(28)21-5-1-3-7-23(21)31-17-9-13-19(14-10-17)33-20-15-11-18(12-16-20)32-24-8-4-2-6-22(24)26(29)30/h1-16H,(H,27,28)(H,29,30). The van der Waals surface area contributed by atoms with Crippen molar-refractivity contribution in [1.82, 2.24) is 0 Å². The molecule has 0 radical (unpaired) electrons. The van der Waals surface area contributed by atoms with Gasteiger partial charge in [-0.05, 0) is 72.8 Å². The summed E-state index contributed by atoms with van der Waals surface area (Å²) in [6, 6.07) is 27.6. The topological polar surface area (TPSA) is 93.1 Å². The van der Waals surface area contributed by atoms with Gasteiger partial charge in [-0.15, -0.1) is 0 Å². The molecule has 2 N–H and O–H groups in total. The van der Waals surface area contributed by atoms with Gasteiger partial charge in [0.25, 0.3) is 0 Å². The van der Waals surface area contributed by atoms with Gasteiger partial charge in [0.1, 0.15) is 34.1 Å². The van der Waals surface area contributed by atoms with E-state index in [1.807, 2.05) is 24.3 Å². The number of hydrogen-bond acceptors (Lipinski definition) is 5. The quantitative estimate of drug-likeness (QED) is 0.299. The number of aromatic carboxylic acids is 2. The second-order valence-electron chi connectivity index (χ2n) is 6.85. The minimum Gasteiger partial charge on any atom is -0.478 e. The Morgan fingerprint density at radius 2 is 0.909 bits per heavy atom. The van der Waals surface area contributed by atoms with Crippen molar-refractivity contribution in [2.24, 2.45) is 0 Å². The molecule has 33 heavy (non-hydrogen) atoms. The van der Waals surface area contributed by atoms with Crippen molar-refractivity contribution < 1.29 is 29.3 Å². The van der Waals surface area contributed by atoms with Crippen LogP contribution in [0.2, 0.25) is 0 Å². The van der Waals surface area contributed by atoms with E-state index in [4.69, 9.17) is 9.47 Å². The maximum Gasteiger partial charge on any atom is 0.339 e. The van der Waals surface area contributed by atoms with Gasteiger partial charge < -0.3 is 19.7 Å². The Labute approximate surface area is 194 Å². The van der Waals surface area contributed by atoms with E-state index in [9.17, 15) is 19.8 Å². The number of para-hydroxylation sites is 2. The third-order valence-corrected chi connectivity index (χ3v) is 5.59. The first-order valence-electron chi connectivity index (χ1n) is 9.88. The molecule has 0 aliphatic heterocycles. The Morgan fingerprint density at radius 1 is 0.545 bits per heavy atom. The molecule has 6 nitrogen and oxygen atoms in total. The first-order chi connectivity index (χ1) is 16.0. The first kappa shape index (κ1) is 22.0. The van der Waals surface area contributed by atoms with E-state index in [1.54, 1.807) is 60.7 Å². The van der Waals surface area contributed by atoms with Gasteiger partial charge in [-0.25, -0.2) is 9.59 Å². The van der Waals surface area contributed by atoms with Gasteiger partial charge in [-0.3, -0.25) is 0 Å². The van der Waals surface area contributed by atoms with E-state index in [2.05, 4.69) is 0 Å². The van der Waals surface area contributed by atoms with Crippen molar-refractivity contribution in [2.45, 2.75) is 9.79 Å². The van der Waals surface area contributed by atoms with Crippen LogP contribution >= 0.6 is 11.8 Å². The summed E-state index contributed by atoms with van der Waals surface area (Å²) in [6.07, 6.45) is 0. The lowest BCUT2D eigenvalue weighted by Crippen LogP contribution is -1.99. The fourth-order valence-electron chi connectivity index (χ4n) is 3.01. The van der Waals surface area contributed by atoms with Crippen LogP contribution in [0.5, 0.6) is 23.0 Å². The molecular weight excluding hydrogens is 440 g/mol. The maximum atomic E-state index is 11.3. The molecule has 7 heteroatoms. The average Bonchev–Trinajstić information content (AvgIpc) is 2.82. The van der Waals surface area contributed by atoms with Crippen LogP contribution in [0.25, 0.3) is 0 Å². The van der Waals surface area contributed by atoms with Crippen molar-refractivity contribution in [1.29, 1.82) is 0 Å². The Kier molecular flexibility index (Phi) is 6.61. The lowest BCUT2D eigenvalue weighted by molar-refractivity contribution is 0.0683. The zero-order chi connectivity index (χ0) is 23.2. The molecule has 0 bridgehead atoms. The highest BCUT2D eigenvalue weighted by Crippen LogP contribution is 2.33. The molecule has 0 saturated heterocycles. The van der Waals surface area contributed by atoms with Gasteiger partial charge in [0, 0.05) is 9.79 Å². The summed E-state index contributed by atoms with van der Waals surface area (Å²) in [4.78, 5) is 24.6. The molecule has 4 aromatic rings. The zero-order valence-electron chi connectivity index (χ0n) is 17.2. The Morgan fingerprint density at radius 3 is 1.27 bits per heavy atom. The van der Waals surface area contributed by atoms with E-state index >= 15 is 0 Å². The molecule has 0 fully saturated rings. The number of hydrogen-bond donors (Lipinski definition) is 2. The van der Waals surface area contributed by atoms with Crippen LogP contribution in [0.1, 0.15) is 20.7 Å². The predicted molar refractivity (Wildman–Crippen MR) is 124 cm³/mol. The highest BCUT2D eigenvalue weighted by atomic mass is 32.2. The predicted octanol–water partition coefficient (Wildman–Crippen LogP) is 6.82. The number of carbonyl (C=O) groups is 2. The molecule has 4 rings (SSSR count). The molecule has 0 heterocycles. The summed E-state index contributed by atoms with van der Waals surface area (Å²) >= 11 is 1.53. The highest BCUT2D eigenvalue weighted by molar-refractivity contribution is 7.99. The fourth-order valence-corrected chi connectivity index (χ4v) is 3.82. The van der Waals surface area contributed by atoms with Crippen molar-refractivity contribution >= 4 is 23.7 Å². The van der Waals surface area contributed by atoms with Gasteiger partial charge in [0.2, 0.25) is 0 Å². The number of rotatable bonds is 8. The monoisotopic (exact) mass is 458 g/mol. The van der Waals surface area contributed by atoms with Gasteiger partial charge in [-0.2, -0.15) is 0 Å². The van der Waals surface area contributed by atoms with E-state index < -0.39 is 11.9 Å².